The second-order valence-electron chi connectivity index (χ2n) is 6.64. The number of benzene rings is 3. The highest BCUT2D eigenvalue weighted by molar-refractivity contribution is 9.10. The van der Waals surface area contributed by atoms with E-state index in [0.717, 1.165) is 5.56 Å². The third kappa shape index (κ3) is 3.25. The van der Waals surface area contributed by atoms with Crippen LogP contribution in [0.25, 0.3) is 11.6 Å². The van der Waals surface area contributed by atoms with Crippen molar-refractivity contribution in [2.24, 2.45) is 0 Å². The van der Waals surface area contributed by atoms with Gasteiger partial charge in [0.25, 0.3) is 5.91 Å². The van der Waals surface area contributed by atoms with Crippen molar-refractivity contribution >= 4 is 45.0 Å². The summed E-state index contributed by atoms with van der Waals surface area (Å²) < 4.78 is 0.561. The molecular formula is C23H16BrNO3. The minimum Gasteiger partial charge on any atom is -0.506 e. The molecule has 0 radical (unpaired) electrons. The number of phenolic OH excluding ortho intramolecular Hbond substituents is 1. The summed E-state index contributed by atoms with van der Waals surface area (Å²) in [7, 11) is 0. The average molecular weight is 434 g/mol. The van der Waals surface area contributed by atoms with Crippen LogP contribution in [0.2, 0.25) is 0 Å². The molecule has 0 aliphatic carbocycles. The van der Waals surface area contributed by atoms with Crippen molar-refractivity contribution in [2.75, 3.05) is 5.32 Å². The predicted octanol–water partition coefficient (Wildman–Crippen LogP) is 5.19. The minimum atomic E-state index is -0.221. The number of fused-ring (bicyclic) bond motifs is 1. The van der Waals surface area contributed by atoms with Crippen LogP contribution in [0, 0.1) is 6.92 Å². The Morgan fingerprint density at radius 1 is 1.04 bits per heavy atom. The molecule has 5 heteroatoms. The molecule has 0 saturated carbocycles. The number of hydrogen-bond acceptors (Lipinski definition) is 3. The van der Waals surface area contributed by atoms with Gasteiger partial charge in [0.05, 0.1) is 4.47 Å². The maximum atomic E-state index is 12.8. The van der Waals surface area contributed by atoms with Gasteiger partial charge in [-0.25, -0.2) is 0 Å². The molecule has 28 heavy (non-hydrogen) atoms. The fourth-order valence-corrected chi connectivity index (χ4v) is 3.82. The number of halogens is 1. The predicted molar refractivity (Wildman–Crippen MR) is 113 cm³/mol. The first-order valence-corrected chi connectivity index (χ1v) is 9.49. The van der Waals surface area contributed by atoms with E-state index in [1.165, 1.54) is 0 Å². The molecule has 3 aromatic rings. The zero-order valence-electron chi connectivity index (χ0n) is 15.0. The first-order chi connectivity index (χ1) is 13.4. The first-order valence-electron chi connectivity index (χ1n) is 8.70. The smallest absolute Gasteiger partial charge is 0.256 e. The van der Waals surface area contributed by atoms with Gasteiger partial charge in [0, 0.05) is 28.0 Å². The fraction of sp³-hybridized carbons (Fsp3) is 0.0435. The van der Waals surface area contributed by atoms with Crippen LogP contribution in [-0.2, 0) is 4.79 Å². The molecule has 0 atom stereocenters. The molecule has 1 aliphatic heterocycles. The molecule has 0 fully saturated rings. The van der Waals surface area contributed by atoms with Crippen LogP contribution in [-0.4, -0.2) is 16.8 Å². The topological polar surface area (TPSA) is 66.4 Å². The van der Waals surface area contributed by atoms with Crippen molar-refractivity contribution in [3.63, 3.8) is 0 Å². The van der Waals surface area contributed by atoms with Gasteiger partial charge in [-0.05, 0) is 70.4 Å². The average Bonchev–Trinajstić information content (AvgIpc) is 3.00. The van der Waals surface area contributed by atoms with E-state index in [2.05, 4.69) is 21.2 Å². The van der Waals surface area contributed by atoms with Crippen molar-refractivity contribution in [1.82, 2.24) is 0 Å². The van der Waals surface area contributed by atoms with Crippen LogP contribution in [0.1, 0.15) is 32.6 Å². The summed E-state index contributed by atoms with van der Waals surface area (Å²) in [6.45, 7) is 1.79. The van der Waals surface area contributed by atoms with Gasteiger partial charge >= 0.3 is 0 Å². The van der Waals surface area contributed by atoms with Crippen LogP contribution in [0.5, 0.6) is 5.75 Å². The molecule has 2 N–H and O–H groups in total. The van der Waals surface area contributed by atoms with Gasteiger partial charge in [0.2, 0.25) is 0 Å². The van der Waals surface area contributed by atoms with Gasteiger partial charge < -0.3 is 10.4 Å². The lowest BCUT2D eigenvalue weighted by Crippen LogP contribution is -2.03. The Kier molecular flexibility index (Phi) is 4.61. The van der Waals surface area contributed by atoms with E-state index in [1.54, 1.807) is 55.5 Å². The van der Waals surface area contributed by atoms with Gasteiger partial charge in [-0.2, -0.15) is 0 Å². The van der Waals surface area contributed by atoms with Gasteiger partial charge in [-0.1, -0.05) is 30.3 Å². The van der Waals surface area contributed by atoms with Crippen molar-refractivity contribution in [3.8, 4) is 5.75 Å². The molecule has 0 bridgehead atoms. The highest BCUT2D eigenvalue weighted by Crippen LogP contribution is 2.36. The minimum absolute atomic E-state index is 0.0923. The number of carbonyl (C=O) groups is 2. The third-order valence-corrected chi connectivity index (χ3v) is 5.29. The van der Waals surface area contributed by atoms with Gasteiger partial charge in [0.1, 0.15) is 5.75 Å². The SMILES string of the molecule is Cc1cc(/C=C2\C(=O)Nc3ccc(C(=O)c4ccccc4)cc32)cc(Br)c1O. The van der Waals surface area contributed by atoms with Gasteiger partial charge in [0.15, 0.2) is 5.78 Å². The molecule has 1 aliphatic rings. The summed E-state index contributed by atoms with van der Waals surface area (Å²) in [6.07, 6.45) is 1.76. The first kappa shape index (κ1) is 18.2. The molecule has 4 rings (SSSR count). The molecule has 4 nitrogen and oxygen atoms in total. The molecule has 0 aromatic heterocycles. The monoisotopic (exact) mass is 433 g/mol. The summed E-state index contributed by atoms with van der Waals surface area (Å²) in [6, 6.07) is 17.8. The Hall–Kier alpha value is -3.18. The number of hydrogen-bond donors (Lipinski definition) is 2. The van der Waals surface area contributed by atoms with Crippen molar-refractivity contribution < 1.29 is 14.7 Å². The number of carbonyl (C=O) groups excluding carboxylic acids is 2. The Labute approximate surface area is 170 Å². The Morgan fingerprint density at radius 2 is 1.79 bits per heavy atom. The van der Waals surface area contributed by atoms with Crippen LogP contribution in [0.15, 0.2) is 65.1 Å². The van der Waals surface area contributed by atoms with Crippen molar-refractivity contribution in [3.05, 3.63) is 93.0 Å². The number of aryl methyl sites for hydroxylation is 1. The molecule has 138 valence electrons. The standard InChI is InChI=1S/C23H16BrNO3/c1-13-9-14(11-19(24)21(13)26)10-18-17-12-16(7-8-20(17)25-23(18)28)22(27)15-5-3-2-4-6-15/h2-12,26H,1H3,(H,25,28)/b18-10-. The number of nitrogens with one attached hydrogen (secondary N) is 1. The van der Waals surface area contributed by atoms with Gasteiger partial charge in [-0.15, -0.1) is 0 Å². The van der Waals surface area contributed by atoms with E-state index in [-0.39, 0.29) is 17.4 Å². The summed E-state index contributed by atoms with van der Waals surface area (Å²) in [5, 5.41) is 12.8. The maximum Gasteiger partial charge on any atom is 0.256 e. The van der Waals surface area contributed by atoms with E-state index < -0.39 is 0 Å². The molecule has 1 amide bonds. The molecule has 1 heterocycles. The molecule has 3 aromatic carbocycles. The highest BCUT2D eigenvalue weighted by atomic mass is 79.9. The second kappa shape index (κ2) is 7.09. The van der Waals surface area contributed by atoms with Crippen molar-refractivity contribution in [2.45, 2.75) is 6.92 Å². The largest absolute Gasteiger partial charge is 0.506 e. The van der Waals surface area contributed by atoms with E-state index in [9.17, 15) is 14.7 Å². The number of ketones is 1. The van der Waals surface area contributed by atoms with Gasteiger partial charge in [-0.3, -0.25) is 9.59 Å². The van der Waals surface area contributed by atoms with E-state index in [4.69, 9.17) is 0 Å². The van der Waals surface area contributed by atoms with E-state index in [0.29, 0.717) is 38.0 Å². The van der Waals surface area contributed by atoms with Crippen LogP contribution >= 0.6 is 15.9 Å². The van der Waals surface area contributed by atoms with Crippen molar-refractivity contribution in [1.29, 1.82) is 0 Å². The lowest BCUT2D eigenvalue weighted by Gasteiger charge is -2.06. The number of phenols is 1. The summed E-state index contributed by atoms with van der Waals surface area (Å²) in [5.41, 5.74) is 4.45. The highest BCUT2D eigenvalue weighted by Gasteiger charge is 2.25. The number of anilines is 1. The summed E-state index contributed by atoms with van der Waals surface area (Å²) in [5.74, 6) is -0.138. The maximum absolute atomic E-state index is 12.8. The summed E-state index contributed by atoms with van der Waals surface area (Å²) >= 11 is 3.33. The zero-order chi connectivity index (χ0) is 19.8. The number of rotatable bonds is 3. The zero-order valence-corrected chi connectivity index (χ0v) is 16.6. The molecule has 0 saturated heterocycles. The Morgan fingerprint density at radius 3 is 2.50 bits per heavy atom. The third-order valence-electron chi connectivity index (χ3n) is 4.69. The van der Waals surface area contributed by atoms with Crippen LogP contribution in [0.4, 0.5) is 5.69 Å². The van der Waals surface area contributed by atoms with E-state index >= 15 is 0 Å². The Bertz CT molecular complexity index is 1130. The van der Waals surface area contributed by atoms with E-state index in [1.807, 2.05) is 18.2 Å². The number of aromatic hydroxyl groups is 1. The fourth-order valence-electron chi connectivity index (χ4n) is 3.24. The quantitative estimate of drug-likeness (QED) is 0.441. The normalized spacial score (nSPS) is 14.1. The second-order valence-corrected chi connectivity index (χ2v) is 7.49. The van der Waals surface area contributed by atoms with Crippen LogP contribution in [0.3, 0.4) is 0 Å². The lowest BCUT2D eigenvalue weighted by atomic mass is 9.97. The number of amides is 1. The lowest BCUT2D eigenvalue weighted by molar-refractivity contribution is -0.110. The Balaban J connectivity index is 1.77. The molecule has 0 spiro atoms. The summed E-state index contributed by atoms with van der Waals surface area (Å²) in [4.78, 5) is 25.3. The molecular weight excluding hydrogens is 418 g/mol. The van der Waals surface area contributed by atoms with Crippen LogP contribution < -0.4 is 5.32 Å². The molecule has 0 unspecified atom stereocenters.